The number of aryl methyl sites for hydroxylation is 1. The van der Waals surface area contributed by atoms with E-state index in [9.17, 15) is 4.79 Å². The maximum Gasteiger partial charge on any atom is 0.270 e. The van der Waals surface area contributed by atoms with Gasteiger partial charge in [0.2, 0.25) is 11.7 Å². The van der Waals surface area contributed by atoms with Crippen molar-refractivity contribution in [1.29, 1.82) is 0 Å². The number of ether oxygens (including phenoxy) is 3. The van der Waals surface area contributed by atoms with Crippen LogP contribution in [-0.4, -0.2) is 69.3 Å². The summed E-state index contributed by atoms with van der Waals surface area (Å²) in [6.45, 7) is 3.08. The highest BCUT2D eigenvalue weighted by atomic mass is 16.5. The van der Waals surface area contributed by atoms with Crippen molar-refractivity contribution in [2.45, 2.75) is 6.92 Å². The zero-order valence-electron chi connectivity index (χ0n) is 17.1. The predicted molar refractivity (Wildman–Crippen MR) is 107 cm³/mol. The van der Waals surface area contributed by atoms with E-state index >= 15 is 0 Å². The van der Waals surface area contributed by atoms with Crippen LogP contribution in [0, 0.1) is 6.92 Å². The van der Waals surface area contributed by atoms with Crippen molar-refractivity contribution in [3.8, 4) is 17.2 Å². The third kappa shape index (κ3) is 5.46. The van der Waals surface area contributed by atoms with Crippen molar-refractivity contribution in [2.24, 2.45) is 0 Å². The lowest BCUT2D eigenvalue weighted by atomic mass is 10.2. The number of nitrogens with one attached hydrogen (secondary N) is 2. The van der Waals surface area contributed by atoms with E-state index in [4.69, 9.17) is 14.2 Å². The van der Waals surface area contributed by atoms with Crippen LogP contribution in [0.3, 0.4) is 0 Å². The van der Waals surface area contributed by atoms with Gasteiger partial charge in [0.15, 0.2) is 11.5 Å². The molecule has 1 amide bonds. The summed E-state index contributed by atoms with van der Waals surface area (Å²) in [5.74, 6) is 1.53. The Morgan fingerprint density at radius 3 is 2.21 bits per heavy atom. The van der Waals surface area contributed by atoms with Gasteiger partial charge in [-0.3, -0.25) is 4.79 Å². The fraction of sp³-hybridized carbons (Fsp3) is 0.421. The van der Waals surface area contributed by atoms with Crippen LogP contribution in [0.1, 0.15) is 16.2 Å². The first-order chi connectivity index (χ1) is 13.4. The number of rotatable bonds is 9. The van der Waals surface area contributed by atoms with E-state index in [0.717, 1.165) is 6.54 Å². The van der Waals surface area contributed by atoms with Crippen LogP contribution in [0.25, 0.3) is 0 Å². The van der Waals surface area contributed by atoms with E-state index in [1.165, 1.54) is 0 Å². The number of benzene rings is 1. The van der Waals surface area contributed by atoms with Crippen LogP contribution in [0.2, 0.25) is 0 Å². The molecule has 0 unspecified atom stereocenters. The second kappa shape index (κ2) is 9.75. The molecule has 1 aromatic heterocycles. The van der Waals surface area contributed by atoms with Crippen LogP contribution in [0.5, 0.6) is 17.2 Å². The average molecular weight is 389 g/mol. The summed E-state index contributed by atoms with van der Waals surface area (Å²) in [4.78, 5) is 23.0. The third-order valence-corrected chi connectivity index (χ3v) is 3.85. The topological polar surface area (TPSA) is 97.8 Å². The molecular weight excluding hydrogens is 362 g/mol. The Kier molecular flexibility index (Phi) is 7.39. The summed E-state index contributed by atoms with van der Waals surface area (Å²) in [7, 11) is 8.51. The molecule has 0 bridgehead atoms. The lowest BCUT2D eigenvalue weighted by Crippen LogP contribution is -2.32. The number of amides is 1. The van der Waals surface area contributed by atoms with Gasteiger partial charge >= 0.3 is 0 Å². The molecule has 0 spiro atoms. The lowest BCUT2D eigenvalue weighted by molar-refractivity contribution is 0.0946. The normalized spacial score (nSPS) is 10.5. The first kappa shape index (κ1) is 21.2. The molecule has 0 radical (unpaired) electrons. The largest absolute Gasteiger partial charge is 0.493 e. The number of hydrogen-bond acceptors (Lipinski definition) is 8. The highest BCUT2D eigenvalue weighted by Crippen LogP contribution is 2.40. The summed E-state index contributed by atoms with van der Waals surface area (Å²) in [5, 5.41) is 5.93. The monoisotopic (exact) mass is 389 g/mol. The molecule has 28 heavy (non-hydrogen) atoms. The van der Waals surface area contributed by atoms with Gasteiger partial charge in [-0.25, -0.2) is 9.97 Å². The Hall–Kier alpha value is -3.07. The smallest absolute Gasteiger partial charge is 0.270 e. The molecule has 1 heterocycles. The minimum absolute atomic E-state index is 0.250. The van der Waals surface area contributed by atoms with Crippen molar-refractivity contribution in [2.75, 3.05) is 53.8 Å². The fourth-order valence-corrected chi connectivity index (χ4v) is 2.51. The Labute approximate surface area is 165 Å². The number of aromatic nitrogens is 2. The molecule has 9 nitrogen and oxygen atoms in total. The number of hydrogen-bond donors (Lipinski definition) is 2. The molecule has 9 heteroatoms. The predicted octanol–water partition coefficient (Wildman–Crippen LogP) is 1.85. The molecule has 152 valence electrons. The van der Waals surface area contributed by atoms with E-state index in [1.807, 2.05) is 19.0 Å². The average Bonchev–Trinajstić information content (AvgIpc) is 2.66. The van der Waals surface area contributed by atoms with E-state index in [0.29, 0.717) is 46.8 Å². The zero-order valence-corrected chi connectivity index (χ0v) is 17.1. The van der Waals surface area contributed by atoms with Crippen molar-refractivity contribution in [1.82, 2.24) is 20.2 Å². The number of nitrogens with zero attached hydrogens (tertiary/aromatic N) is 3. The van der Waals surface area contributed by atoms with E-state index in [2.05, 4.69) is 20.6 Å². The first-order valence-corrected chi connectivity index (χ1v) is 8.73. The van der Waals surface area contributed by atoms with E-state index in [-0.39, 0.29) is 5.91 Å². The highest BCUT2D eigenvalue weighted by molar-refractivity contribution is 5.92. The summed E-state index contributed by atoms with van der Waals surface area (Å²) in [5.41, 5.74) is 1.60. The molecule has 0 fully saturated rings. The molecule has 2 N–H and O–H groups in total. The molecule has 0 aliphatic carbocycles. The van der Waals surface area contributed by atoms with Crippen LogP contribution in [0.15, 0.2) is 18.2 Å². The number of methoxy groups -OCH3 is 3. The molecule has 2 rings (SSSR count). The molecular formula is C19H27N5O4. The van der Waals surface area contributed by atoms with Gasteiger partial charge < -0.3 is 29.7 Å². The number of likely N-dealkylation sites (N-methyl/N-ethyl adjacent to an activating group) is 1. The zero-order chi connectivity index (χ0) is 20.7. The Bertz CT molecular complexity index is 801. The molecule has 2 aromatic rings. The minimum Gasteiger partial charge on any atom is -0.493 e. The fourth-order valence-electron chi connectivity index (χ4n) is 2.51. The SMILES string of the molecule is COc1cc(Nc2nc(C)cc(C(=O)NCCN(C)C)n2)cc(OC)c1OC. The van der Waals surface area contributed by atoms with Crippen LogP contribution >= 0.6 is 0 Å². The molecule has 0 aliphatic heterocycles. The van der Waals surface area contributed by atoms with Crippen LogP contribution in [0.4, 0.5) is 11.6 Å². The second-order valence-corrected chi connectivity index (χ2v) is 6.32. The summed E-state index contributed by atoms with van der Waals surface area (Å²) >= 11 is 0. The molecule has 0 saturated heterocycles. The molecule has 0 saturated carbocycles. The quantitative estimate of drug-likeness (QED) is 0.671. The van der Waals surface area contributed by atoms with Gasteiger partial charge in [0.05, 0.1) is 21.3 Å². The standard InChI is InChI=1S/C19H27N5O4/c1-12-9-14(18(25)20-7-8-24(2)3)23-19(21-12)22-13-10-15(26-4)17(28-6)16(11-13)27-5/h9-11H,7-8H2,1-6H3,(H,20,25)(H,21,22,23). The maximum atomic E-state index is 12.4. The molecule has 0 aliphatic rings. The van der Waals surface area contributed by atoms with Crippen LogP contribution < -0.4 is 24.8 Å². The van der Waals surface area contributed by atoms with Gasteiger partial charge in [-0.1, -0.05) is 0 Å². The first-order valence-electron chi connectivity index (χ1n) is 8.73. The van der Waals surface area contributed by atoms with Crippen molar-refractivity contribution in [3.63, 3.8) is 0 Å². The summed E-state index contributed by atoms with van der Waals surface area (Å²) in [6, 6.07) is 5.12. The van der Waals surface area contributed by atoms with Gasteiger partial charge in [0, 0.05) is 36.6 Å². The number of anilines is 2. The molecule has 1 aromatic carbocycles. The Morgan fingerprint density at radius 1 is 1.04 bits per heavy atom. The Morgan fingerprint density at radius 2 is 1.68 bits per heavy atom. The van der Waals surface area contributed by atoms with E-state index in [1.54, 1.807) is 46.5 Å². The van der Waals surface area contributed by atoms with Crippen molar-refractivity contribution in [3.05, 3.63) is 29.6 Å². The van der Waals surface area contributed by atoms with Crippen LogP contribution in [-0.2, 0) is 0 Å². The van der Waals surface area contributed by atoms with Gasteiger partial charge in [-0.05, 0) is 27.1 Å². The van der Waals surface area contributed by atoms with Crippen molar-refractivity contribution >= 4 is 17.5 Å². The van der Waals surface area contributed by atoms with Crippen molar-refractivity contribution < 1.29 is 19.0 Å². The number of carbonyl (C=O) groups is 1. The van der Waals surface area contributed by atoms with Gasteiger partial charge in [0.25, 0.3) is 5.91 Å². The number of carbonyl (C=O) groups excluding carboxylic acids is 1. The third-order valence-electron chi connectivity index (χ3n) is 3.85. The highest BCUT2D eigenvalue weighted by Gasteiger charge is 2.15. The van der Waals surface area contributed by atoms with Gasteiger partial charge in [0.1, 0.15) is 5.69 Å². The van der Waals surface area contributed by atoms with Gasteiger partial charge in [-0.2, -0.15) is 0 Å². The van der Waals surface area contributed by atoms with E-state index < -0.39 is 0 Å². The molecule has 0 atom stereocenters. The Balaban J connectivity index is 2.25. The second-order valence-electron chi connectivity index (χ2n) is 6.32. The minimum atomic E-state index is -0.250. The summed E-state index contributed by atoms with van der Waals surface area (Å²) < 4.78 is 16.0. The van der Waals surface area contributed by atoms with Gasteiger partial charge in [-0.15, -0.1) is 0 Å². The summed E-state index contributed by atoms with van der Waals surface area (Å²) in [6.07, 6.45) is 0. The lowest BCUT2D eigenvalue weighted by Gasteiger charge is -2.15. The maximum absolute atomic E-state index is 12.4.